The number of alkyl halides is 7. The first-order valence-electron chi connectivity index (χ1n) is 8.27. The molecule has 0 N–H and O–H groups in total. The lowest BCUT2D eigenvalue weighted by Crippen LogP contribution is -2.50. The summed E-state index contributed by atoms with van der Waals surface area (Å²) in [5.41, 5.74) is -5.90. The average Bonchev–Trinajstić information content (AvgIpc) is 2.94. The molecule has 2 aliphatic rings. The van der Waals surface area contributed by atoms with E-state index in [1.807, 2.05) is 4.31 Å². The van der Waals surface area contributed by atoms with E-state index in [1.165, 1.54) is 13.0 Å². The summed E-state index contributed by atoms with van der Waals surface area (Å²) >= 11 is 1.07. The summed E-state index contributed by atoms with van der Waals surface area (Å²) in [4.78, 5) is 11.3. The highest BCUT2D eigenvalue weighted by atomic mass is 32.2. The van der Waals surface area contributed by atoms with Gasteiger partial charge in [0, 0.05) is 31.0 Å². The summed E-state index contributed by atoms with van der Waals surface area (Å²) in [6, 6.07) is 2.45. The SMILES string of the molecule is CC(=O)SN1CCC2c3ccc(C(F)(C(F)(F)F)C(F)(F)F)cc3CCC21. The van der Waals surface area contributed by atoms with Crippen molar-refractivity contribution in [3.8, 4) is 0 Å². The smallest absolute Gasteiger partial charge is 0.286 e. The van der Waals surface area contributed by atoms with E-state index in [9.17, 15) is 35.5 Å². The zero-order valence-electron chi connectivity index (χ0n) is 14.1. The monoisotopic (exact) mass is 415 g/mol. The van der Waals surface area contributed by atoms with Crippen molar-refractivity contribution in [2.24, 2.45) is 0 Å². The molecule has 1 fully saturated rings. The summed E-state index contributed by atoms with van der Waals surface area (Å²) in [5.74, 6) is -0.0968. The second-order valence-electron chi connectivity index (χ2n) is 6.79. The molecule has 1 aromatic carbocycles. The van der Waals surface area contributed by atoms with Crippen LogP contribution in [-0.4, -0.2) is 34.4 Å². The molecule has 0 radical (unpaired) electrons. The normalized spacial score (nSPS) is 23.9. The maximum atomic E-state index is 14.3. The quantitative estimate of drug-likeness (QED) is 0.485. The Morgan fingerprint density at radius 1 is 1.07 bits per heavy atom. The molecule has 2 unspecified atom stereocenters. The molecular formula is C17H16F7NOS. The first-order chi connectivity index (χ1) is 12.4. The molecule has 1 saturated heterocycles. The molecule has 0 bridgehead atoms. The fourth-order valence-electron chi connectivity index (χ4n) is 4.00. The minimum absolute atomic E-state index is 0.0161. The number of nitrogens with zero attached hydrogens (tertiary/aromatic N) is 1. The first-order valence-corrected chi connectivity index (χ1v) is 9.04. The van der Waals surface area contributed by atoms with Crippen molar-refractivity contribution >= 4 is 17.1 Å². The summed E-state index contributed by atoms with van der Waals surface area (Å²) in [5, 5.41) is -0.0886. The molecule has 1 aliphatic carbocycles. The van der Waals surface area contributed by atoms with E-state index in [2.05, 4.69) is 0 Å². The van der Waals surface area contributed by atoms with Crippen LogP contribution in [0.1, 0.15) is 42.4 Å². The topological polar surface area (TPSA) is 20.3 Å². The van der Waals surface area contributed by atoms with Gasteiger partial charge in [-0.15, -0.1) is 0 Å². The molecular weight excluding hydrogens is 399 g/mol. The van der Waals surface area contributed by atoms with Gasteiger partial charge >= 0.3 is 18.0 Å². The molecule has 2 nitrogen and oxygen atoms in total. The van der Waals surface area contributed by atoms with Crippen LogP contribution >= 0.6 is 11.9 Å². The minimum Gasteiger partial charge on any atom is -0.286 e. The van der Waals surface area contributed by atoms with Gasteiger partial charge in [-0.3, -0.25) is 4.79 Å². The lowest BCUT2D eigenvalue weighted by molar-refractivity contribution is -0.348. The first kappa shape index (κ1) is 20.4. The number of carbonyl (C=O) groups excluding carboxylic acids is 1. The standard InChI is InChI=1S/C17H16F7NOS/c1-9(26)27-25-7-6-13-12-4-3-11(8-10(12)2-5-14(13)25)15(18,16(19,20)21)17(22,23)24/h3-4,8,13-14H,2,5-7H2,1H3. The van der Waals surface area contributed by atoms with Crippen molar-refractivity contribution in [1.82, 2.24) is 4.31 Å². The molecule has 3 rings (SSSR count). The number of halogens is 7. The van der Waals surface area contributed by atoms with E-state index >= 15 is 0 Å². The van der Waals surface area contributed by atoms with E-state index in [-0.39, 0.29) is 23.5 Å². The Labute approximate surface area is 155 Å². The summed E-state index contributed by atoms with van der Waals surface area (Å²) in [6.45, 7) is 2.02. The van der Waals surface area contributed by atoms with Crippen LogP contribution in [0.3, 0.4) is 0 Å². The van der Waals surface area contributed by atoms with Gasteiger partial charge in [0.1, 0.15) is 0 Å². The Bertz CT molecular complexity index is 732. The van der Waals surface area contributed by atoms with Crippen LogP contribution in [0.5, 0.6) is 0 Å². The highest BCUT2D eigenvalue weighted by molar-refractivity contribution is 8.11. The number of hydrogen-bond acceptors (Lipinski definition) is 3. The average molecular weight is 415 g/mol. The van der Waals surface area contributed by atoms with Gasteiger partial charge < -0.3 is 0 Å². The highest BCUT2D eigenvalue weighted by Crippen LogP contribution is 2.54. The zero-order chi connectivity index (χ0) is 20.2. The van der Waals surface area contributed by atoms with Crippen LogP contribution < -0.4 is 0 Å². The van der Waals surface area contributed by atoms with E-state index in [0.717, 1.165) is 11.9 Å². The van der Waals surface area contributed by atoms with Crippen LogP contribution in [0.25, 0.3) is 0 Å². The number of hydrogen-bond donors (Lipinski definition) is 0. The predicted molar refractivity (Wildman–Crippen MR) is 85.8 cm³/mol. The number of fused-ring (bicyclic) bond motifs is 3. The van der Waals surface area contributed by atoms with Gasteiger partial charge in [-0.25, -0.2) is 8.70 Å². The largest absolute Gasteiger partial charge is 0.435 e. The predicted octanol–water partition coefficient (Wildman–Crippen LogP) is 5.27. The van der Waals surface area contributed by atoms with E-state index in [0.29, 0.717) is 42.6 Å². The molecule has 1 aromatic rings. The summed E-state index contributed by atoms with van der Waals surface area (Å²) in [7, 11) is 0. The van der Waals surface area contributed by atoms with Crippen molar-refractivity contribution < 1.29 is 35.5 Å². The van der Waals surface area contributed by atoms with Crippen LogP contribution in [-0.2, 0) is 16.9 Å². The van der Waals surface area contributed by atoms with Crippen LogP contribution in [0.2, 0.25) is 0 Å². The van der Waals surface area contributed by atoms with Crippen LogP contribution in [0.4, 0.5) is 30.7 Å². The number of aryl methyl sites for hydroxylation is 1. The Morgan fingerprint density at radius 3 is 2.26 bits per heavy atom. The lowest BCUT2D eigenvalue weighted by atomic mass is 9.78. The van der Waals surface area contributed by atoms with Gasteiger partial charge in [0.15, 0.2) is 0 Å². The highest BCUT2D eigenvalue weighted by Gasteiger charge is 2.73. The third-order valence-electron chi connectivity index (χ3n) is 5.17. The molecule has 0 saturated carbocycles. The Hall–Kier alpha value is -1.29. The van der Waals surface area contributed by atoms with E-state index < -0.39 is 23.6 Å². The molecule has 27 heavy (non-hydrogen) atoms. The molecule has 10 heteroatoms. The van der Waals surface area contributed by atoms with Crippen molar-refractivity contribution in [2.75, 3.05) is 6.54 Å². The van der Waals surface area contributed by atoms with Crippen LogP contribution in [0.15, 0.2) is 18.2 Å². The summed E-state index contributed by atoms with van der Waals surface area (Å²) < 4.78 is 94.0. The molecule has 1 heterocycles. The van der Waals surface area contributed by atoms with Crippen molar-refractivity contribution in [1.29, 1.82) is 0 Å². The van der Waals surface area contributed by atoms with Gasteiger partial charge in [-0.05, 0) is 42.3 Å². The zero-order valence-corrected chi connectivity index (χ0v) is 14.9. The molecule has 150 valence electrons. The fraction of sp³-hybridized carbons (Fsp3) is 0.588. The second-order valence-corrected chi connectivity index (χ2v) is 8.02. The van der Waals surface area contributed by atoms with Gasteiger partial charge in [-0.2, -0.15) is 26.3 Å². The Balaban J connectivity index is 1.97. The number of carbonyl (C=O) groups is 1. The number of rotatable bonds is 2. The van der Waals surface area contributed by atoms with Gasteiger partial charge in [0.2, 0.25) is 5.12 Å². The summed E-state index contributed by atoms with van der Waals surface area (Å²) in [6.07, 6.45) is -10.9. The molecule has 0 spiro atoms. The second kappa shape index (κ2) is 6.65. The van der Waals surface area contributed by atoms with Crippen molar-refractivity contribution in [3.63, 3.8) is 0 Å². The van der Waals surface area contributed by atoms with Crippen molar-refractivity contribution in [2.45, 2.75) is 56.2 Å². The van der Waals surface area contributed by atoms with Gasteiger partial charge in [0.05, 0.1) is 0 Å². The van der Waals surface area contributed by atoms with Gasteiger partial charge in [-0.1, -0.05) is 18.2 Å². The lowest BCUT2D eigenvalue weighted by Gasteiger charge is -2.34. The van der Waals surface area contributed by atoms with Crippen molar-refractivity contribution in [3.05, 3.63) is 34.9 Å². The Kier molecular flexibility index (Phi) is 5.03. The molecule has 1 aliphatic heterocycles. The molecule has 0 amide bonds. The van der Waals surface area contributed by atoms with E-state index in [4.69, 9.17) is 0 Å². The molecule has 0 aromatic heterocycles. The Morgan fingerprint density at radius 2 is 1.70 bits per heavy atom. The van der Waals surface area contributed by atoms with Crippen LogP contribution in [0, 0.1) is 0 Å². The molecule has 2 atom stereocenters. The minimum atomic E-state index is -6.11. The van der Waals surface area contributed by atoms with Gasteiger partial charge in [0.25, 0.3) is 0 Å². The maximum absolute atomic E-state index is 14.3. The third kappa shape index (κ3) is 3.35. The fourth-order valence-corrected chi connectivity index (χ4v) is 4.92. The van der Waals surface area contributed by atoms with E-state index in [1.54, 1.807) is 0 Å². The maximum Gasteiger partial charge on any atom is 0.435 e. The third-order valence-corrected chi connectivity index (χ3v) is 6.12. The number of benzene rings is 1.